The molecule has 2 N–H and O–H groups in total. The van der Waals surface area contributed by atoms with Crippen LogP contribution in [0.25, 0.3) is 10.9 Å². The number of pyridine rings is 1. The van der Waals surface area contributed by atoms with Crippen molar-refractivity contribution in [1.82, 2.24) is 4.57 Å². The number of ketones is 1. The number of rotatable bonds is 6. The van der Waals surface area contributed by atoms with Crippen molar-refractivity contribution in [2.45, 2.75) is 32.0 Å². The molecule has 3 aliphatic heterocycles. The summed E-state index contributed by atoms with van der Waals surface area (Å²) in [5.74, 6) is -2.13. The Bertz CT molecular complexity index is 1750. The minimum atomic E-state index is -0.968. The monoisotopic (exact) mass is 611 g/mol. The van der Waals surface area contributed by atoms with Crippen LogP contribution >= 0.6 is 0 Å². The van der Waals surface area contributed by atoms with Gasteiger partial charge in [-0.2, -0.15) is 0 Å². The fourth-order valence-corrected chi connectivity index (χ4v) is 6.00. The highest BCUT2D eigenvalue weighted by Gasteiger charge is 2.38. The fraction of sp³-hybridized carbons (Fsp3) is 0.400. The molecule has 1 amide bonds. The number of esters is 1. The topological polar surface area (TPSA) is 137 Å². The van der Waals surface area contributed by atoms with E-state index in [0.717, 1.165) is 6.07 Å². The number of Topliss-reactive ketones (excluding diaryl/α,β-unsaturated/α-hetero) is 1. The van der Waals surface area contributed by atoms with Crippen molar-refractivity contribution in [3.8, 4) is 5.75 Å². The van der Waals surface area contributed by atoms with Crippen molar-refractivity contribution in [3.63, 3.8) is 0 Å². The second-order valence-electron chi connectivity index (χ2n) is 11.1. The molecule has 2 aromatic carbocycles. The van der Waals surface area contributed by atoms with Crippen LogP contribution in [0.4, 0.5) is 30.6 Å². The van der Waals surface area contributed by atoms with E-state index in [1.54, 1.807) is 21.6 Å². The molecule has 0 aliphatic carbocycles. The summed E-state index contributed by atoms with van der Waals surface area (Å²) in [6.45, 7) is 4.74. The van der Waals surface area contributed by atoms with Gasteiger partial charge in [0, 0.05) is 32.4 Å². The quantitative estimate of drug-likeness (QED) is 0.414. The van der Waals surface area contributed by atoms with Crippen molar-refractivity contribution in [2.75, 3.05) is 61.1 Å². The predicted octanol–water partition coefficient (Wildman–Crippen LogP) is 2.59. The minimum Gasteiger partial charge on any atom is -0.487 e. The van der Waals surface area contributed by atoms with Gasteiger partial charge in [-0.15, -0.1) is 0 Å². The molecule has 2 saturated heterocycles. The third-order valence-corrected chi connectivity index (χ3v) is 8.43. The van der Waals surface area contributed by atoms with Gasteiger partial charge in [-0.05, 0) is 38.1 Å². The molecule has 1 aromatic heterocycles. The van der Waals surface area contributed by atoms with Gasteiger partial charge >= 0.3 is 12.1 Å². The molecule has 3 atom stereocenters. The van der Waals surface area contributed by atoms with Gasteiger partial charge in [0.1, 0.15) is 41.6 Å². The van der Waals surface area contributed by atoms with Gasteiger partial charge in [0.15, 0.2) is 11.6 Å². The first-order valence-corrected chi connectivity index (χ1v) is 14.2. The molecule has 232 valence electrons. The number of nitrogens with zero attached hydrogens (tertiary/aromatic N) is 4. The first kappa shape index (κ1) is 29.4. The standard InChI is InChI=1S/C30H31F2N5O7/c1-15-14-43-28-25-18(27(39)19(12-36(15)25)29(40)42-3)11-21(32)26(28)35-8-6-34(7-9-35)22-5-4-17(10-20(22)31)37-13-23(44-30(37)41)24(33)16(2)38/h4-5,10-12,15,23-24H,6-9,13-14,33H2,1-3H3/t15?,23?,24-/m1/s1. The highest BCUT2D eigenvalue weighted by Crippen LogP contribution is 2.42. The molecule has 2 unspecified atom stereocenters. The number of cyclic esters (lactones) is 1. The second-order valence-corrected chi connectivity index (χ2v) is 11.1. The van der Waals surface area contributed by atoms with Crippen LogP contribution in [0.3, 0.4) is 0 Å². The number of halogens is 2. The Morgan fingerprint density at radius 3 is 2.43 bits per heavy atom. The number of piperazine rings is 1. The second kappa shape index (κ2) is 11.1. The summed E-state index contributed by atoms with van der Waals surface area (Å²) in [6.07, 6.45) is -0.107. The number of hydrogen-bond donors (Lipinski definition) is 1. The Balaban J connectivity index is 1.23. The molecule has 0 bridgehead atoms. The number of amides is 1. The number of nitrogens with two attached hydrogens (primary N) is 1. The van der Waals surface area contributed by atoms with Crippen molar-refractivity contribution in [3.05, 3.63) is 57.9 Å². The number of methoxy groups -OCH3 is 1. The molecule has 14 heteroatoms. The third-order valence-electron chi connectivity index (χ3n) is 8.43. The third kappa shape index (κ3) is 4.78. The van der Waals surface area contributed by atoms with E-state index in [1.165, 1.54) is 31.2 Å². The van der Waals surface area contributed by atoms with Crippen molar-refractivity contribution < 1.29 is 37.4 Å². The Labute approximate surface area is 250 Å². The van der Waals surface area contributed by atoms with Gasteiger partial charge in [0.05, 0.1) is 42.0 Å². The van der Waals surface area contributed by atoms with E-state index >= 15 is 8.78 Å². The maximum absolute atomic E-state index is 15.7. The van der Waals surface area contributed by atoms with Gasteiger partial charge in [-0.3, -0.25) is 14.5 Å². The van der Waals surface area contributed by atoms with Crippen LogP contribution in [0.2, 0.25) is 0 Å². The zero-order valence-corrected chi connectivity index (χ0v) is 24.3. The highest BCUT2D eigenvalue weighted by atomic mass is 19.1. The fourth-order valence-electron chi connectivity index (χ4n) is 6.00. The van der Waals surface area contributed by atoms with Gasteiger partial charge < -0.3 is 34.3 Å². The average Bonchev–Trinajstić information content (AvgIpc) is 3.40. The summed E-state index contributed by atoms with van der Waals surface area (Å²) >= 11 is 0. The molecule has 12 nitrogen and oxygen atoms in total. The SMILES string of the molecule is COC(=O)c1cn2c3c(c(N4CCN(c5ccc(N6CC([C@H](N)C(C)=O)OC6=O)cc5F)CC4)c(F)cc3c1=O)OCC2C. The van der Waals surface area contributed by atoms with Gasteiger partial charge in [0.2, 0.25) is 5.43 Å². The summed E-state index contributed by atoms with van der Waals surface area (Å²) in [5, 5.41) is 0.0213. The summed E-state index contributed by atoms with van der Waals surface area (Å²) in [4.78, 5) is 54.2. The van der Waals surface area contributed by atoms with Crippen LogP contribution in [0.15, 0.2) is 35.3 Å². The van der Waals surface area contributed by atoms with E-state index in [-0.39, 0.29) is 53.1 Å². The summed E-state index contributed by atoms with van der Waals surface area (Å²) < 4.78 is 48.8. The normalized spacial score (nSPS) is 20.4. The Morgan fingerprint density at radius 1 is 1.07 bits per heavy atom. The zero-order valence-electron chi connectivity index (χ0n) is 24.3. The van der Waals surface area contributed by atoms with E-state index in [2.05, 4.69) is 0 Å². The summed E-state index contributed by atoms with van der Waals surface area (Å²) in [5.41, 5.74) is 6.18. The average molecular weight is 612 g/mol. The number of hydrogen-bond acceptors (Lipinski definition) is 10. The van der Waals surface area contributed by atoms with E-state index in [4.69, 9.17) is 19.9 Å². The summed E-state index contributed by atoms with van der Waals surface area (Å²) in [7, 11) is 1.18. The van der Waals surface area contributed by atoms with Crippen molar-refractivity contribution in [1.29, 1.82) is 0 Å². The van der Waals surface area contributed by atoms with Crippen LogP contribution < -0.4 is 30.6 Å². The van der Waals surface area contributed by atoms with E-state index < -0.39 is 41.3 Å². The van der Waals surface area contributed by atoms with Crippen LogP contribution in [0, 0.1) is 11.6 Å². The van der Waals surface area contributed by atoms with E-state index in [9.17, 15) is 19.2 Å². The number of carbonyl (C=O) groups is 3. The molecule has 3 aromatic rings. The molecule has 0 spiro atoms. The minimum absolute atomic E-state index is 0.0213. The number of aromatic nitrogens is 1. The summed E-state index contributed by atoms with van der Waals surface area (Å²) in [6, 6.07) is 4.32. The zero-order chi connectivity index (χ0) is 31.4. The van der Waals surface area contributed by atoms with E-state index in [0.29, 0.717) is 37.4 Å². The van der Waals surface area contributed by atoms with Gasteiger partial charge in [-0.25, -0.2) is 18.4 Å². The van der Waals surface area contributed by atoms with E-state index in [1.807, 2.05) is 11.8 Å². The first-order chi connectivity index (χ1) is 21.0. The highest BCUT2D eigenvalue weighted by molar-refractivity contribution is 5.98. The molecule has 4 heterocycles. The molecule has 0 saturated carbocycles. The molecular weight excluding hydrogens is 580 g/mol. The Morgan fingerprint density at radius 2 is 1.77 bits per heavy atom. The van der Waals surface area contributed by atoms with Crippen LogP contribution in [-0.4, -0.2) is 81.0 Å². The lowest BCUT2D eigenvalue weighted by molar-refractivity contribution is -0.120. The van der Waals surface area contributed by atoms with Crippen LogP contribution in [-0.2, 0) is 14.3 Å². The molecule has 3 aliphatic rings. The number of ether oxygens (including phenoxy) is 3. The Kier molecular flexibility index (Phi) is 7.40. The van der Waals surface area contributed by atoms with Crippen molar-refractivity contribution in [2.24, 2.45) is 5.73 Å². The smallest absolute Gasteiger partial charge is 0.414 e. The maximum atomic E-state index is 15.7. The van der Waals surface area contributed by atoms with Gasteiger partial charge in [-0.1, -0.05) is 0 Å². The lowest BCUT2D eigenvalue weighted by Gasteiger charge is -2.39. The number of benzene rings is 2. The molecule has 0 radical (unpaired) electrons. The Hall–Kier alpha value is -4.72. The molecular formula is C30H31F2N5O7. The molecule has 2 fully saturated rings. The number of carbonyl (C=O) groups excluding carboxylic acids is 3. The molecule has 44 heavy (non-hydrogen) atoms. The first-order valence-electron chi connectivity index (χ1n) is 14.2. The largest absolute Gasteiger partial charge is 0.487 e. The van der Waals surface area contributed by atoms with Crippen molar-refractivity contribution >= 4 is 45.8 Å². The van der Waals surface area contributed by atoms with Crippen LogP contribution in [0.5, 0.6) is 5.75 Å². The molecule has 6 rings (SSSR count). The van der Waals surface area contributed by atoms with Crippen LogP contribution in [0.1, 0.15) is 30.2 Å². The maximum Gasteiger partial charge on any atom is 0.414 e. The predicted molar refractivity (Wildman–Crippen MR) is 157 cm³/mol. The lowest BCUT2D eigenvalue weighted by atomic mass is 10.1. The van der Waals surface area contributed by atoms with Gasteiger partial charge in [0.25, 0.3) is 0 Å². The lowest BCUT2D eigenvalue weighted by Crippen LogP contribution is -2.47. The number of anilines is 3.